The van der Waals surface area contributed by atoms with Crippen LogP contribution in [0.15, 0.2) is 33.9 Å². The van der Waals surface area contributed by atoms with Crippen LogP contribution in [0.2, 0.25) is 5.02 Å². The van der Waals surface area contributed by atoms with Crippen molar-refractivity contribution in [3.63, 3.8) is 0 Å². The Balaban J connectivity index is 2.05. The normalized spacial score (nSPS) is 11.4. The van der Waals surface area contributed by atoms with Crippen molar-refractivity contribution in [1.82, 2.24) is 15.5 Å². The number of sulfone groups is 1. The number of halogens is 2. The molecule has 1 aromatic heterocycles. The molecule has 23 heavy (non-hydrogen) atoms. The third-order valence-electron chi connectivity index (χ3n) is 2.72. The topological polar surface area (TPSA) is 102 Å². The van der Waals surface area contributed by atoms with Crippen LogP contribution in [0.25, 0.3) is 0 Å². The molecule has 1 N–H and O–H groups in total. The van der Waals surface area contributed by atoms with E-state index in [0.717, 1.165) is 0 Å². The van der Waals surface area contributed by atoms with Gasteiger partial charge in [0.15, 0.2) is 0 Å². The molecule has 124 valence electrons. The van der Waals surface area contributed by atoms with Crippen LogP contribution < -0.4 is 5.32 Å². The third kappa shape index (κ3) is 5.19. The molecule has 0 saturated carbocycles. The highest BCUT2D eigenvalue weighted by Crippen LogP contribution is 2.18. The maximum atomic E-state index is 12.2. The fraction of sp³-hybridized carbons (Fsp3) is 0.308. The summed E-state index contributed by atoms with van der Waals surface area (Å²) < 4.78 is 29.5. The number of nitrogens with one attached hydrogen (secondary N) is 1. The SMILES string of the molecule is O=C(CCCl)NCc1nnc(S(=O)(=O)Cc2cccc(Cl)c2)o1. The van der Waals surface area contributed by atoms with Gasteiger partial charge in [-0.25, -0.2) is 8.42 Å². The number of hydrogen-bond donors (Lipinski definition) is 1. The van der Waals surface area contributed by atoms with Gasteiger partial charge in [0.25, 0.3) is 0 Å². The fourth-order valence-electron chi connectivity index (χ4n) is 1.69. The highest BCUT2D eigenvalue weighted by atomic mass is 35.5. The molecular weight excluding hydrogens is 365 g/mol. The van der Waals surface area contributed by atoms with Crippen LogP contribution in [-0.4, -0.2) is 30.4 Å². The summed E-state index contributed by atoms with van der Waals surface area (Å²) in [5.74, 6) is -0.415. The second kappa shape index (κ2) is 7.76. The average Bonchev–Trinajstić information content (AvgIpc) is 2.95. The lowest BCUT2D eigenvalue weighted by molar-refractivity contribution is -0.120. The first-order chi connectivity index (χ1) is 10.9. The Morgan fingerprint density at radius 1 is 1.30 bits per heavy atom. The number of nitrogens with zero attached hydrogens (tertiary/aromatic N) is 2. The maximum Gasteiger partial charge on any atom is 0.335 e. The van der Waals surface area contributed by atoms with Gasteiger partial charge in [0.2, 0.25) is 21.6 Å². The number of amides is 1. The van der Waals surface area contributed by atoms with E-state index in [9.17, 15) is 13.2 Å². The van der Waals surface area contributed by atoms with Crippen LogP contribution in [0.1, 0.15) is 17.9 Å². The molecule has 0 atom stereocenters. The molecule has 0 aliphatic heterocycles. The van der Waals surface area contributed by atoms with Crippen molar-refractivity contribution >= 4 is 38.9 Å². The lowest BCUT2D eigenvalue weighted by Crippen LogP contribution is -2.22. The number of hydrogen-bond acceptors (Lipinski definition) is 6. The molecule has 7 nitrogen and oxygen atoms in total. The van der Waals surface area contributed by atoms with Crippen LogP contribution in [0.4, 0.5) is 0 Å². The summed E-state index contributed by atoms with van der Waals surface area (Å²) in [4.78, 5) is 11.3. The third-order valence-corrected chi connectivity index (χ3v) is 4.55. The molecule has 0 unspecified atom stereocenters. The van der Waals surface area contributed by atoms with E-state index in [1.54, 1.807) is 24.3 Å². The van der Waals surface area contributed by atoms with Crippen LogP contribution >= 0.6 is 23.2 Å². The Morgan fingerprint density at radius 2 is 2.09 bits per heavy atom. The van der Waals surface area contributed by atoms with Gasteiger partial charge in [-0.3, -0.25) is 4.79 Å². The number of carbonyl (C=O) groups is 1. The van der Waals surface area contributed by atoms with Crippen LogP contribution in [0, 0.1) is 0 Å². The lowest BCUT2D eigenvalue weighted by atomic mass is 10.2. The molecule has 1 amide bonds. The van der Waals surface area contributed by atoms with E-state index >= 15 is 0 Å². The zero-order chi connectivity index (χ0) is 16.9. The van der Waals surface area contributed by atoms with Crippen molar-refractivity contribution in [3.05, 3.63) is 40.7 Å². The maximum absolute atomic E-state index is 12.2. The second-order valence-corrected chi connectivity index (χ2v) is 7.25. The summed E-state index contributed by atoms with van der Waals surface area (Å²) in [6, 6.07) is 6.47. The summed E-state index contributed by atoms with van der Waals surface area (Å²) in [5, 5.41) is 9.54. The van der Waals surface area contributed by atoms with Crippen LogP contribution in [0.5, 0.6) is 0 Å². The van der Waals surface area contributed by atoms with Gasteiger partial charge in [0, 0.05) is 17.3 Å². The minimum absolute atomic E-state index is 0.00223. The molecule has 0 aliphatic carbocycles. The Labute approximate surface area is 142 Å². The standard InChI is InChI=1S/C13H13Cl2N3O4S/c14-5-4-11(19)16-7-12-17-18-13(22-12)23(20,21)8-9-2-1-3-10(15)6-9/h1-3,6H,4-5,7-8H2,(H,16,19). The average molecular weight is 378 g/mol. The van der Waals surface area contributed by atoms with Crippen LogP contribution in [0.3, 0.4) is 0 Å². The van der Waals surface area contributed by atoms with E-state index in [1.807, 2.05) is 0 Å². The summed E-state index contributed by atoms with van der Waals surface area (Å²) in [5.41, 5.74) is 0.507. The van der Waals surface area contributed by atoms with Gasteiger partial charge >= 0.3 is 5.22 Å². The van der Waals surface area contributed by atoms with Crippen molar-refractivity contribution in [3.8, 4) is 0 Å². The van der Waals surface area contributed by atoms with Gasteiger partial charge in [-0.1, -0.05) is 28.8 Å². The molecule has 2 rings (SSSR count). The summed E-state index contributed by atoms with van der Waals surface area (Å²) in [7, 11) is -3.79. The molecule has 0 aliphatic rings. The number of carbonyl (C=O) groups excluding carboxylic acids is 1. The van der Waals surface area contributed by atoms with E-state index in [2.05, 4.69) is 15.5 Å². The number of benzene rings is 1. The monoisotopic (exact) mass is 377 g/mol. The Hall–Kier alpha value is -1.64. The van der Waals surface area contributed by atoms with Crippen molar-refractivity contribution in [2.45, 2.75) is 23.9 Å². The van der Waals surface area contributed by atoms with E-state index in [-0.39, 0.29) is 36.4 Å². The Morgan fingerprint density at radius 3 is 2.78 bits per heavy atom. The largest absolute Gasteiger partial charge is 0.411 e. The fourth-order valence-corrected chi connectivity index (χ4v) is 3.21. The van der Waals surface area contributed by atoms with Crippen molar-refractivity contribution in [2.24, 2.45) is 0 Å². The smallest absolute Gasteiger partial charge is 0.335 e. The molecule has 10 heteroatoms. The van der Waals surface area contributed by atoms with Gasteiger partial charge in [-0.2, -0.15) is 0 Å². The molecule has 0 radical (unpaired) electrons. The summed E-state index contributed by atoms with van der Waals surface area (Å²) in [6.45, 7) is -0.0601. The Kier molecular flexibility index (Phi) is 5.97. The highest BCUT2D eigenvalue weighted by Gasteiger charge is 2.23. The first kappa shape index (κ1) is 17.7. The van der Waals surface area contributed by atoms with E-state index in [4.69, 9.17) is 27.6 Å². The zero-order valence-corrected chi connectivity index (χ0v) is 14.2. The molecule has 0 spiro atoms. The van der Waals surface area contributed by atoms with E-state index < -0.39 is 15.1 Å². The first-order valence-corrected chi connectivity index (χ1v) is 9.09. The second-order valence-electron chi connectivity index (χ2n) is 4.57. The molecule has 2 aromatic rings. The number of rotatable bonds is 7. The predicted molar refractivity (Wildman–Crippen MR) is 83.8 cm³/mol. The highest BCUT2D eigenvalue weighted by molar-refractivity contribution is 7.90. The summed E-state index contributed by atoms with van der Waals surface area (Å²) in [6.07, 6.45) is 0.148. The van der Waals surface area contributed by atoms with Crippen molar-refractivity contribution in [2.75, 3.05) is 5.88 Å². The molecule has 1 heterocycles. The molecule has 0 saturated heterocycles. The van der Waals surface area contributed by atoms with E-state index in [0.29, 0.717) is 10.6 Å². The lowest BCUT2D eigenvalue weighted by Gasteiger charge is -2.01. The predicted octanol–water partition coefficient (Wildman–Crippen LogP) is 1.94. The van der Waals surface area contributed by atoms with Gasteiger partial charge < -0.3 is 9.73 Å². The molecular formula is C13H13Cl2N3O4S. The number of aromatic nitrogens is 2. The van der Waals surface area contributed by atoms with Crippen molar-refractivity contribution in [1.29, 1.82) is 0 Å². The van der Waals surface area contributed by atoms with Gasteiger partial charge in [0.05, 0.1) is 12.3 Å². The van der Waals surface area contributed by atoms with Gasteiger partial charge in [-0.15, -0.1) is 16.7 Å². The quantitative estimate of drug-likeness (QED) is 0.739. The molecule has 0 fully saturated rings. The molecule has 0 bridgehead atoms. The first-order valence-electron chi connectivity index (χ1n) is 6.53. The minimum atomic E-state index is -3.79. The van der Waals surface area contributed by atoms with E-state index in [1.165, 1.54) is 0 Å². The van der Waals surface area contributed by atoms with Crippen LogP contribution in [-0.2, 0) is 26.9 Å². The number of alkyl halides is 1. The minimum Gasteiger partial charge on any atom is -0.411 e. The van der Waals surface area contributed by atoms with Gasteiger partial charge in [-0.05, 0) is 17.7 Å². The van der Waals surface area contributed by atoms with Gasteiger partial charge in [0.1, 0.15) is 0 Å². The zero-order valence-electron chi connectivity index (χ0n) is 11.8. The molecule has 1 aromatic carbocycles. The summed E-state index contributed by atoms with van der Waals surface area (Å²) >= 11 is 11.3. The Bertz CT molecular complexity index is 792. The van der Waals surface area contributed by atoms with Crippen molar-refractivity contribution < 1.29 is 17.6 Å².